The van der Waals surface area contributed by atoms with Crippen molar-refractivity contribution in [2.75, 3.05) is 17.7 Å². The molecule has 3 N–H and O–H groups in total. The van der Waals surface area contributed by atoms with E-state index >= 15 is 0 Å². The zero-order valence-corrected chi connectivity index (χ0v) is 10.1. The SMILES string of the molecule is CCOc1ccccc1Nc1cccc(F)c1N. The van der Waals surface area contributed by atoms with E-state index in [1.807, 2.05) is 31.2 Å². The van der Waals surface area contributed by atoms with E-state index < -0.39 is 5.82 Å². The van der Waals surface area contributed by atoms with E-state index in [4.69, 9.17) is 10.5 Å². The maximum absolute atomic E-state index is 13.3. The topological polar surface area (TPSA) is 47.3 Å². The first kappa shape index (κ1) is 12.2. The summed E-state index contributed by atoms with van der Waals surface area (Å²) in [6, 6.07) is 12.1. The van der Waals surface area contributed by atoms with Crippen LogP contribution in [0.3, 0.4) is 0 Å². The number of anilines is 3. The number of halogens is 1. The van der Waals surface area contributed by atoms with Gasteiger partial charge < -0.3 is 15.8 Å². The molecule has 0 atom stereocenters. The lowest BCUT2D eigenvalue weighted by atomic mass is 10.2. The van der Waals surface area contributed by atoms with Crippen molar-refractivity contribution in [3.05, 3.63) is 48.3 Å². The Morgan fingerprint density at radius 3 is 2.61 bits per heavy atom. The summed E-state index contributed by atoms with van der Waals surface area (Å²) >= 11 is 0. The molecule has 0 spiro atoms. The fourth-order valence-corrected chi connectivity index (χ4v) is 1.64. The fraction of sp³-hybridized carbons (Fsp3) is 0.143. The van der Waals surface area contributed by atoms with E-state index in [0.717, 1.165) is 5.69 Å². The van der Waals surface area contributed by atoms with Crippen LogP contribution in [0.2, 0.25) is 0 Å². The van der Waals surface area contributed by atoms with Crippen LogP contribution in [0, 0.1) is 5.82 Å². The van der Waals surface area contributed by atoms with Gasteiger partial charge in [0.15, 0.2) is 0 Å². The smallest absolute Gasteiger partial charge is 0.148 e. The second-order valence-corrected chi connectivity index (χ2v) is 3.76. The Morgan fingerprint density at radius 2 is 1.83 bits per heavy atom. The van der Waals surface area contributed by atoms with Gasteiger partial charge in [-0.15, -0.1) is 0 Å². The zero-order chi connectivity index (χ0) is 13.0. The van der Waals surface area contributed by atoms with E-state index in [2.05, 4.69) is 5.32 Å². The van der Waals surface area contributed by atoms with Gasteiger partial charge in [0.25, 0.3) is 0 Å². The Labute approximate surface area is 105 Å². The molecule has 94 valence electrons. The van der Waals surface area contributed by atoms with Crippen molar-refractivity contribution in [2.24, 2.45) is 0 Å². The molecular formula is C14H15FN2O. The Morgan fingerprint density at radius 1 is 1.11 bits per heavy atom. The molecule has 0 radical (unpaired) electrons. The van der Waals surface area contributed by atoms with Gasteiger partial charge in [0.1, 0.15) is 11.6 Å². The zero-order valence-electron chi connectivity index (χ0n) is 10.1. The van der Waals surface area contributed by atoms with E-state index in [1.54, 1.807) is 12.1 Å². The van der Waals surface area contributed by atoms with E-state index in [-0.39, 0.29) is 5.69 Å². The third-order valence-electron chi connectivity index (χ3n) is 2.51. The van der Waals surface area contributed by atoms with Crippen LogP contribution in [-0.2, 0) is 0 Å². The highest BCUT2D eigenvalue weighted by Gasteiger charge is 2.07. The minimum atomic E-state index is -0.436. The Hall–Kier alpha value is -2.23. The van der Waals surface area contributed by atoms with Crippen molar-refractivity contribution < 1.29 is 9.13 Å². The summed E-state index contributed by atoms with van der Waals surface area (Å²) < 4.78 is 18.8. The number of nitrogen functional groups attached to an aromatic ring is 1. The average molecular weight is 246 g/mol. The van der Waals surface area contributed by atoms with Gasteiger partial charge in [-0.05, 0) is 31.2 Å². The van der Waals surface area contributed by atoms with Gasteiger partial charge in [-0.2, -0.15) is 0 Å². The first-order valence-electron chi connectivity index (χ1n) is 5.75. The Bertz CT molecular complexity index is 543. The molecule has 0 fully saturated rings. The molecule has 0 saturated heterocycles. The van der Waals surface area contributed by atoms with Crippen LogP contribution in [0.1, 0.15) is 6.92 Å². The Balaban J connectivity index is 2.31. The van der Waals surface area contributed by atoms with Crippen LogP contribution < -0.4 is 15.8 Å². The number of benzene rings is 2. The summed E-state index contributed by atoms with van der Waals surface area (Å²) in [6.45, 7) is 2.48. The van der Waals surface area contributed by atoms with Crippen molar-refractivity contribution >= 4 is 17.1 Å². The minimum absolute atomic E-state index is 0.101. The van der Waals surface area contributed by atoms with Crippen molar-refractivity contribution in [3.63, 3.8) is 0 Å². The number of para-hydroxylation sites is 3. The van der Waals surface area contributed by atoms with Gasteiger partial charge in [-0.3, -0.25) is 0 Å². The van der Waals surface area contributed by atoms with Gasteiger partial charge in [0, 0.05) is 0 Å². The number of hydrogen-bond donors (Lipinski definition) is 2. The molecule has 0 amide bonds. The highest BCUT2D eigenvalue weighted by molar-refractivity contribution is 5.75. The van der Waals surface area contributed by atoms with Crippen molar-refractivity contribution in [1.29, 1.82) is 0 Å². The van der Waals surface area contributed by atoms with Gasteiger partial charge in [-0.1, -0.05) is 18.2 Å². The molecule has 0 bridgehead atoms. The monoisotopic (exact) mass is 246 g/mol. The van der Waals surface area contributed by atoms with E-state index in [9.17, 15) is 4.39 Å². The van der Waals surface area contributed by atoms with Crippen LogP contribution in [0.15, 0.2) is 42.5 Å². The maximum atomic E-state index is 13.3. The summed E-state index contributed by atoms with van der Waals surface area (Å²) in [6.07, 6.45) is 0. The molecule has 18 heavy (non-hydrogen) atoms. The quantitative estimate of drug-likeness (QED) is 0.811. The largest absolute Gasteiger partial charge is 0.492 e. The van der Waals surface area contributed by atoms with Crippen LogP contribution >= 0.6 is 0 Å². The molecule has 0 heterocycles. The maximum Gasteiger partial charge on any atom is 0.148 e. The molecule has 4 heteroatoms. The molecule has 0 aliphatic rings. The predicted octanol–water partition coefficient (Wildman–Crippen LogP) is 3.55. The molecule has 2 aromatic rings. The normalized spacial score (nSPS) is 10.1. The van der Waals surface area contributed by atoms with E-state index in [0.29, 0.717) is 18.0 Å². The summed E-state index contributed by atoms with van der Waals surface area (Å²) in [4.78, 5) is 0. The van der Waals surface area contributed by atoms with Crippen LogP contribution in [0.5, 0.6) is 5.75 Å². The lowest BCUT2D eigenvalue weighted by molar-refractivity contribution is 0.342. The summed E-state index contributed by atoms with van der Waals surface area (Å²) in [7, 11) is 0. The number of nitrogens with one attached hydrogen (secondary N) is 1. The van der Waals surface area contributed by atoms with Crippen LogP contribution in [-0.4, -0.2) is 6.61 Å². The second kappa shape index (κ2) is 5.40. The molecule has 0 aromatic heterocycles. The Kier molecular flexibility index (Phi) is 3.67. The lowest BCUT2D eigenvalue weighted by Crippen LogP contribution is -2.01. The first-order chi connectivity index (χ1) is 8.72. The minimum Gasteiger partial charge on any atom is -0.492 e. The van der Waals surface area contributed by atoms with Crippen LogP contribution in [0.4, 0.5) is 21.5 Å². The number of nitrogens with two attached hydrogens (primary N) is 1. The van der Waals surface area contributed by atoms with Gasteiger partial charge in [0.05, 0.1) is 23.7 Å². The van der Waals surface area contributed by atoms with Gasteiger partial charge in [0.2, 0.25) is 0 Å². The predicted molar refractivity (Wildman–Crippen MR) is 71.7 cm³/mol. The molecule has 0 aliphatic heterocycles. The third-order valence-corrected chi connectivity index (χ3v) is 2.51. The van der Waals surface area contributed by atoms with Crippen molar-refractivity contribution in [1.82, 2.24) is 0 Å². The number of rotatable bonds is 4. The molecule has 2 rings (SSSR count). The fourth-order valence-electron chi connectivity index (χ4n) is 1.64. The lowest BCUT2D eigenvalue weighted by Gasteiger charge is -2.13. The molecule has 0 aliphatic carbocycles. The third kappa shape index (κ3) is 2.53. The molecule has 0 saturated carbocycles. The van der Waals surface area contributed by atoms with Crippen molar-refractivity contribution in [3.8, 4) is 5.75 Å². The molecule has 2 aromatic carbocycles. The molecule has 3 nitrogen and oxygen atoms in total. The standard InChI is InChI=1S/C14H15FN2O/c1-2-18-13-9-4-3-7-11(13)17-12-8-5-6-10(15)14(12)16/h3-9,17H,2,16H2,1H3. The van der Waals surface area contributed by atoms with Gasteiger partial charge in [-0.25, -0.2) is 4.39 Å². The van der Waals surface area contributed by atoms with Gasteiger partial charge >= 0.3 is 0 Å². The summed E-state index contributed by atoms with van der Waals surface area (Å²) in [5.41, 5.74) is 7.07. The second-order valence-electron chi connectivity index (χ2n) is 3.76. The van der Waals surface area contributed by atoms with E-state index in [1.165, 1.54) is 6.07 Å². The number of ether oxygens (including phenoxy) is 1. The molecular weight excluding hydrogens is 231 g/mol. The summed E-state index contributed by atoms with van der Waals surface area (Å²) in [5, 5.41) is 3.08. The highest BCUT2D eigenvalue weighted by atomic mass is 19.1. The highest BCUT2D eigenvalue weighted by Crippen LogP contribution is 2.30. The summed E-state index contributed by atoms with van der Waals surface area (Å²) in [5.74, 6) is 0.276. The first-order valence-corrected chi connectivity index (χ1v) is 5.75. The molecule has 0 unspecified atom stereocenters. The van der Waals surface area contributed by atoms with Crippen LogP contribution in [0.25, 0.3) is 0 Å². The van der Waals surface area contributed by atoms with Crippen molar-refractivity contribution in [2.45, 2.75) is 6.92 Å². The average Bonchev–Trinajstić information content (AvgIpc) is 2.37. The number of hydrogen-bond acceptors (Lipinski definition) is 3.